The highest BCUT2D eigenvalue weighted by Crippen LogP contribution is 2.52. The van der Waals surface area contributed by atoms with E-state index in [1.165, 1.54) is 21.8 Å². The van der Waals surface area contributed by atoms with E-state index in [0.29, 0.717) is 0 Å². The van der Waals surface area contributed by atoms with Crippen molar-refractivity contribution in [3.05, 3.63) is 23.0 Å². The maximum atomic E-state index is 12.2. The summed E-state index contributed by atoms with van der Waals surface area (Å²) in [5.41, 5.74) is -1.04. The first kappa shape index (κ1) is 23.0. The zero-order valence-electron chi connectivity index (χ0n) is 17.2. The number of ether oxygens (including phenoxy) is 1. The Morgan fingerprint density at radius 1 is 1.47 bits per heavy atom. The topological polar surface area (TPSA) is 171 Å². The first-order valence-electron chi connectivity index (χ1n) is 9.57. The summed E-state index contributed by atoms with van der Waals surface area (Å²) in [7, 11) is -2.66. The highest BCUT2D eigenvalue weighted by atomic mass is 31.2. The molecule has 0 spiro atoms. The molecule has 1 fully saturated rings. The third kappa shape index (κ3) is 4.09. The third-order valence-corrected chi connectivity index (χ3v) is 7.17. The van der Waals surface area contributed by atoms with Crippen LogP contribution in [0.5, 0.6) is 0 Å². The molecule has 0 amide bonds. The highest BCUT2D eigenvalue weighted by molar-refractivity contribution is 7.53. The van der Waals surface area contributed by atoms with Crippen LogP contribution >= 0.6 is 7.60 Å². The lowest BCUT2D eigenvalue weighted by Gasteiger charge is -2.34. The number of nitrogens with zero attached hydrogens (tertiary/aromatic N) is 3. The average molecular weight is 447 g/mol. The number of fused-ring (bicyclic) bond motifs is 1. The quantitative estimate of drug-likeness (QED) is 0.271. The molecule has 0 saturated carbocycles. The van der Waals surface area contributed by atoms with Gasteiger partial charge in [-0.3, -0.25) is 18.9 Å². The number of nitrogens with one attached hydrogen (secondary N) is 1. The summed E-state index contributed by atoms with van der Waals surface area (Å²) < 4.78 is 26.4. The van der Waals surface area contributed by atoms with Gasteiger partial charge in [-0.05, 0) is 20.3 Å². The molecule has 1 saturated heterocycles. The van der Waals surface area contributed by atoms with E-state index in [1.807, 2.05) is 0 Å². The van der Waals surface area contributed by atoms with Crippen molar-refractivity contribution in [2.24, 2.45) is 7.05 Å². The molecule has 1 aliphatic heterocycles. The van der Waals surface area contributed by atoms with Gasteiger partial charge in [0.15, 0.2) is 18.5 Å². The van der Waals surface area contributed by atoms with Crippen LogP contribution in [0.15, 0.2) is 17.4 Å². The second-order valence-electron chi connectivity index (χ2n) is 7.88. The lowest BCUT2D eigenvalue weighted by atomic mass is 9.93. The second-order valence-corrected chi connectivity index (χ2v) is 9.94. The van der Waals surface area contributed by atoms with Crippen LogP contribution < -0.4 is 10.1 Å². The zero-order valence-corrected chi connectivity index (χ0v) is 18.1. The van der Waals surface area contributed by atoms with Gasteiger partial charge in [0, 0.05) is 6.42 Å². The number of aliphatic hydroxyl groups excluding tert-OH is 3. The van der Waals surface area contributed by atoms with E-state index in [9.17, 15) is 29.6 Å². The summed E-state index contributed by atoms with van der Waals surface area (Å²) in [6.45, 7) is 4.45. The average Bonchev–Trinajstić information content (AvgIpc) is 3.13. The van der Waals surface area contributed by atoms with Crippen molar-refractivity contribution in [1.29, 1.82) is 0 Å². The number of imidazole rings is 1. The van der Waals surface area contributed by atoms with Gasteiger partial charge >= 0.3 is 13.2 Å². The molecule has 0 bridgehead atoms. The summed E-state index contributed by atoms with van der Waals surface area (Å²) in [5, 5.41) is 30.7. The maximum Gasteiger partial charge on any atom is 0.356 e. The molecule has 0 radical (unpaired) electrons. The molecule has 5 N–H and O–H groups in total. The summed E-state index contributed by atoms with van der Waals surface area (Å²) in [6, 6.07) is 0. The minimum Gasteiger partial charge on any atom is -0.387 e. The highest BCUT2D eigenvalue weighted by Gasteiger charge is 2.50. The fraction of sp³-hybridized carbons (Fsp3) is 0.706. The van der Waals surface area contributed by atoms with Gasteiger partial charge in [0.1, 0.15) is 12.2 Å². The van der Waals surface area contributed by atoms with Crippen LogP contribution in [0.2, 0.25) is 0 Å². The number of hydrogen-bond donors (Lipinski definition) is 5. The minimum atomic E-state index is -4.30. The smallest absolute Gasteiger partial charge is 0.356 e. The van der Waals surface area contributed by atoms with Crippen molar-refractivity contribution >= 4 is 18.8 Å². The lowest BCUT2D eigenvalue weighted by Crippen LogP contribution is -2.46. The molecule has 0 aliphatic carbocycles. The van der Waals surface area contributed by atoms with Gasteiger partial charge in [-0.2, -0.15) is 0 Å². The molecule has 0 aromatic carbocycles. The van der Waals surface area contributed by atoms with E-state index >= 15 is 0 Å². The Morgan fingerprint density at radius 2 is 2.13 bits per heavy atom. The van der Waals surface area contributed by atoms with Crippen LogP contribution in [0.25, 0.3) is 11.2 Å². The first-order valence-corrected chi connectivity index (χ1v) is 11.2. The van der Waals surface area contributed by atoms with Crippen molar-refractivity contribution in [3.8, 4) is 0 Å². The van der Waals surface area contributed by atoms with Gasteiger partial charge in [-0.25, -0.2) is 4.57 Å². The standard InChI is InChI=1S/C17H27N4O8P/c1-5-17(3,29-30(26,27)9(2)22)6-10-12(23)13(24)16(28-10)21-8-20(4)11-14(21)18-7-19-15(11)25/h7-10,12-13,16,22-24H,5-6H2,1-4H3,(H-,18,19,25,26,27)/p+1/t9?,10-,12-,13-,16-,17?/m1/s1. The van der Waals surface area contributed by atoms with Crippen molar-refractivity contribution in [1.82, 2.24) is 14.5 Å². The van der Waals surface area contributed by atoms with Crippen molar-refractivity contribution < 1.29 is 38.6 Å². The zero-order chi connectivity index (χ0) is 22.4. The van der Waals surface area contributed by atoms with Crippen LogP contribution in [-0.2, 0) is 20.9 Å². The molecule has 2 aromatic rings. The van der Waals surface area contributed by atoms with E-state index in [1.54, 1.807) is 20.9 Å². The van der Waals surface area contributed by atoms with Crippen LogP contribution in [0.4, 0.5) is 0 Å². The molecular formula is C17H28N4O8P+. The van der Waals surface area contributed by atoms with E-state index in [0.717, 1.165) is 6.92 Å². The number of H-pyrrole nitrogens is 1. The summed E-state index contributed by atoms with van der Waals surface area (Å²) in [6.07, 6.45) is -1.61. The van der Waals surface area contributed by atoms with E-state index in [4.69, 9.17) is 9.26 Å². The Labute approximate surface area is 172 Å². The van der Waals surface area contributed by atoms with Crippen molar-refractivity contribution in [2.75, 3.05) is 0 Å². The van der Waals surface area contributed by atoms with E-state index in [2.05, 4.69) is 9.97 Å². The number of hydrogen-bond acceptors (Lipinski definition) is 8. The molecular weight excluding hydrogens is 419 g/mol. The minimum absolute atomic E-state index is 0.0190. The SMILES string of the molecule is CCC(C)(C[C@H]1O[C@@H]([n+]2cn(C)c3c(=O)[nH]cnc32)[C@H](O)[C@@H]1O)OP(=O)(O)C(C)O. The van der Waals surface area contributed by atoms with E-state index < -0.39 is 43.6 Å². The van der Waals surface area contributed by atoms with Gasteiger partial charge in [0.2, 0.25) is 11.7 Å². The Bertz CT molecular complexity index is 1020. The summed E-state index contributed by atoms with van der Waals surface area (Å²) >= 11 is 0. The van der Waals surface area contributed by atoms with Crippen molar-refractivity contribution in [2.45, 2.75) is 69.6 Å². The van der Waals surface area contributed by atoms with Gasteiger partial charge in [0.25, 0.3) is 5.56 Å². The van der Waals surface area contributed by atoms with E-state index in [-0.39, 0.29) is 29.6 Å². The third-order valence-electron chi connectivity index (χ3n) is 5.52. The fourth-order valence-electron chi connectivity index (χ4n) is 3.57. The molecule has 3 rings (SSSR count). The Balaban J connectivity index is 1.88. The van der Waals surface area contributed by atoms with Gasteiger partial charge in [-0.15, -0.1) is 0 Å². The van der Waals surface area contributed by atoms with Crippen molar-refractivity contribution in [3.63, 3.8) is 0 Å². The maximum absolute atomic E-state index is 12.2. The van der Waals surface area contributed by atoms with Gasteiger partial charge in [-0.1, -0.05) is 11.9 Å². The molecule has 13 heteroatoms. The number of rotatable bonds is 7. The van der Waals surface area contributed by atoms with Crippen LogP contribution in [0, 0.1) is 0 Å². The molecule has 1 aliphatic rings. The summed E-state index contributed by atoms with van der Waals surface area (Å²) in [4.78, 5) is 28.6. The molecule has 2 aromatic heterocycles. The van der Waals surface area contributed by atoms with Crippen LogP contribution in [0.1, 0.15) is 39.8 Å². The molecule has 30 heavy (non-hydrogen) atoms. The first-order chi connectivity index (χ1) is 13.9. The lowest BCUT2D eigenvalue weighted by molar-refractivity contribution is -0.746. The Kier molecular flexibility index (Phi) is 6.23. The number of aliphatic hydroxyl groups is 3. The number of aryl methyl sites for hydroxylation is 1. The monoisotopic (exact) mass is 447 g/mol. The Morgan fingerprint density at radius 3 is 2.73 bits per heavy atom. The number of aromatic amines is 1. The Hall–Kier alpha value is -1.66. The molecule has 7 atom stereocenters. The predicted octanol–water partition coefficient (Wildman–Crippen LogP) is -0.733. The summed E-state index contributed by atoms with van der Waals surface area (Å²) in [5.74, 6) is -1.58. The molecule has 168 valence electrons. The molecule has 3 heterocycles. The normalized spacial score (nSPS) is 29.6. The number of aromatic nitrogens is 4. The van der Waals surface area contributed by atoms with Gasteiger partial charge < -0.3 is 29.5 Å². The van der Waals surface area contributed by atoms with Crippen LogP contribution in [-0.4, -0.2) is 64.5 Å². The molecule has 12 nitrogen and oxygen atoms in total. The largest absolute Gasteiger partial charge is 0.387 e. The second kappa shape index (κ2) is 8.12. The van der Waals surface area contributed by atoms with Gasteiger partial charge in [0.05, 0.1) is 18.8 Å². The predicted molar refractivity (Wildman–Crippen MR) is 103 cm³/mol. The fourth-order valence-corrected chi connectivity index (χ4v) is 4.55. The van der Waals surface area contributed by atoms with Crippen LogP contribution in [0.3, 0.4) is 0 Å². The molecule has 3 unspecified atom stereocenters.